The SMILES string of the molecule is CCOC(=O)Cc1csc(NN=Cc2cc(Br)c(OCC#N)c(OCC)c2)n1. The van der Waals surface area contributed by atoms with Crippen molar-refractivity contribution in [3.05, 3.63) is 33.2 Å². The summed E-state index contributed by atoms with van der Waals surface area (Å²) in [5.74, 6) is 0.673. The molecule has 0 unspecified atom stereocenters. The number of nitriles is 1. The molecule has 0 saturated heterocycles. The molecular weight excluding hydrogens is 448 g/mol. The Kier molecular flexibility index (Phi) is 8.71. The number of aromatic nitrogens is 1. The fourth-order valence-corrected chi connectivity index (χ4v) is 3.36. The van der Waals surface area contributed by atoms with Crippen molar-refractivity contribution in [2.45, 2.75) is 20.3 Å². The Balaban J connectivity index is 2.05. The van der Waals surface area contributed by atoms with Crippen molar-refractivity contribution < 1.29 is 19.0 Å². The number of ether oxygens (including phenoxy) is 3. The lowest BCUT2D eigenvalue weighted by Crippen LogP contribution is -2.07. The molecule has 0 aliphatic rings. The summed E-state index contributed by atoms with van der Waals surface area (Å²) in [4.78, 5) is 15.8. The van der Waals surface area contributed by atoms with Crippen LogP contribution in [0.5, 0.6) is 11.5 Å². The van der Waals surface area contributed by atoms with E-state index in [0.29, 0.717) is 40.0 Å². The first-order chi connectivity index (χ1) is 13.6. The van der Waals surface area contributed by atoms with E-state index in [1.165, 1.54) is 11.3 Å². The van der Waals surface area contributed by atoms with Gasteiger partial charge in [-0.1, -0.05) is 0 Å². The monoisotopic (exact) mass is 466 g/mol. The van der Waals surface area contributed by atoms with E-state index in [1.807, 2.05) is 13.0 Å². The third kappa shape index (κ3) is 6.51. The second-order valence-electron chi connectivity index (χ2n) is 5.21. The number of rotatable bonds is 10. The summed E-state index contributed by atoms with van der Waals surface area (Å²) in [6, 6.07) is 5.49. The van der Waals surface area contributed by atoms with E-state index < -0.39 is 0 Å². The highest BCUT2D eigenvalue weighted by molar-refractivity contribution is 9.10. The van der Waals surface area contributed by atoms with Gasteiger partial charge in [-0.3, -0.25) is 10.2 Å². The summed E-state index contributed by atoms with van der Waals surface area (Å²) in [5.41, 5.74) is 4.22. The number of hydrazone groups is 1. The lowest BCUT2D eigenvalue weighted by atomic mass is 10.2. The van der Waals surface area contributed by atoms with Gasteiger partial charge in [0.1, 0.15) is 6.07 Å². The lowest BCUT2D eigenvalue weighted by molar-refractivity contribution is -0.142. The Morgan fingerprint density at radius 2 is 2.21 bits per heavy atom. The van der Waals surface area contributed by atoms with Gasteiger partial charge >= 0.3 is 5.97 Å². The minimum Gasteiger partial charge on any atom is -0.490 e. The zero-order valence-electron chi connectivity index (χ0n) is 15.4. The normalized spacial score (nSPS) is 10.5. The van der Waals surface area contributed by atoms with Gasteiger partial charge < -0.3 is 14.2 Å². The Bertz CT molecular complexity index is 879. The van der Waals surface area contributed by atoms with Gasteiger partial charge in [0.05, 0.1) is 36.0 Å². The van der Waals surface area contributed by atoms with Gasteiger partial charge in [0.2, 0.25) is 5.13 Å². The molecule has 0 bridgehead atoms. The molecule has 2 rings (SSSR count). The molecule has 0 saturated carbocycles. The third-order valence-electron chi connectivity index (χ3n) is 3.17. The fraction of sp³-hybridized carbons (Fsp3) is 0.333. The molecule has 0 spiro atoms. The molecular formula is C18H19BrN4O4S. The predicted molar refractivity (Wildman–Crippen MR) is 110 cm³/mol. The maximum absolute atomic E-state index is 11.5. The number of anilines is 1. The number of carbonyl (C=O) groups excluding carboxylic acids is 1. The van der Waals surface area contributed by atoms with Crippen molar-refractivity contribution in [3.63, 3.8) is 0 Å². The number of esters is 1. The number of halogens is 1. The second kappa shape index (κ2) is 11.3. The van der Waals surface area contributed by atoms with Crippen molar-refractivity contribution in [3.8, 4) is 17.6 Å². The standard InChI is InChI=1S/C18H19BrN4O4S/c1-3-25-15-8-12(7-14(19)17(15)27-6-5-20)10-21-23-18-22-13(11-28-18)9-16(24)26-4-2/h7-8,10-11H,3-4,6,9H2,1-2H3,(H,22,23). The molecule has 0 fully saturated rings. The van der Waals surface area contributed by atoms with E-state index >= 15 is 0 Å². The van der Waals surface area contributed by atoms with E-state index in [2.05, 4.69) is 31.4 Å². The molecule has 1 aromatic carbocycles. The van der Waals surface area contributed by atoms with Gasteiger partial charge in [0.25, 0.3) is 0 Å². The molecule has 28 heavy (non-hydrogen) atoms. The van der Waals surface area contributed by atoms with Gasteiger partial charge in [-0.2, -0.15) is 10.4 Å². The zero-order chi connectivity index (χ0) is 20.4. The summed E-state index contributed by atoms with van der Waals surface area (Å²) < 4.78 is 16.5. The molecule has 0 radical (unpaired) electrons. The Morgan fingerprint density at radius 3 is 2.93 bits per heavy atom. The number of hydrogen-bond acceptors (Lipinski definition) is 9. The van der Waals surface area contributed by atoms with Crippen LogP contribution in [0.3, 0.4) is 0 Å². The number of thiazole rings is 1. The first-order valence-electron chi connectivity index (χ1n) is 8.42. The van der Waals surface area contributed by atoms with Crippen LogP contribution < -0.4 is 14.9 Å². The van der Waals surface area contributed by atoms with E-state index in [4.69, 9.17) is 19.5 Å². The molecule has 1 heterocycles. The highest BCUT2D eigenvalue weighted by Gasteiger charge is 2.12. The Labute approximate surface area is 175 Å². The first-order valence-corrected chi connectivity index (χ1v) is 10.1. The van der Waals surface area contributed by atoms with E-state index in [9.17, 15) is 4.79 Å². The molecule has 0 aliphatic carbocycles. The highest BCUT2D eigenvalue weighted by atomic mass is 79.9. The molecule has 1 N–H and O–H groups in total. The van der Waals surface area contributed by atoms with Gasteiger partial charge in [-0.15, -0.1) is 11.3 Å². The predicted octanol–water partition coefficient (Wildman–Crippen LogP) is 3.76. The van der Waals surface area contributed by atoms with Crippen LogP contribution in [0.25, 0.3) is 0 Å². The van der Waals surface area contributed by atoms with Crippen LogP contribution in [-0.4, -0.2) is 37.0 Å². The van der Waals surface area contributed by atoms with E-state index in [0.717, 1.165) is 5.56 Å². The van der Waals surface area contributed by atoms with E-state index in [-0.39, 0.29) is 19.0 Å². The summed E-state index contributed by atoms with van der Waals surface area (Å²) in [6.07, 6.45) is 1.73. The molecule has 148 valence electrons. The van der Waals surface area contributed by atoms with Crippen LogP contribution in [-0.2, 0) is 16.0 Å². The van der Waals surface area contributed by atoms with Crippen molar-refractivity contribution >= 4 is 44.6 Å². The number of hydrogen-bond donors (Lipinski definition) is 1. The fourth-order valence-electron chi connectivity index (χ4n) is 2.13. The van der Waals surface area contributed by atoms with Crippen LogP contribution >= 0.6 is 27.3 Å². The molecule has 0 atom stereocenters. The molecule has 8 nitrogen and oxygen atoms in total. The minimum atomic E-state index is -0.310. The summed E-state index contributed by atoms with van der Waals surface area (Å²) in [5, 5.41) is 15.2. The summed E-state index contributed by atoms with van der Waals surface area (Å²) in [7, 11) is 0. The van der Waals surface area contributed by atoms with Crippen LogP contribution in [0.2, 0.25) is 0 Å². The zero-order valence-corrected chi connectivity index (χ0v) is 17.8. The molecule has 1 aromatic heterocycles. The van der Waals surface area contributed by atoms with Gasteiger partial charge in [0.15, 0.2) is 18.1 Å². The molecule has 2 aromatic rings. The van der Waals surface area contributed by atoms with Crippen LogP contribution in [0, 0.1) is 11.3 Å². The van der Waals surface area contributed by atoms with Crippen molar-refractivity contribution in [2.75, 3.05) is 25.2 Å². The van der Waals surface area contributed by atoms with Crippen LogP contribution in [0.1, 0.15) is 25.1 Å². The topological polar surface area (TPSA) is 106 Å². The molecule has 0 aliphatic heterocycles. The lowest BCUT2D eigenvalue weighted by Gasteiger charge is -2.12. The maximum atomic E-state index is 11.5. The number of carbonyl (C=O) groups is 1. The maximum Gasteiger partial charge on any atom is 0.311 e. The summed E-state index contributed by atoms with van der Waals surface area (Å²) in [6.45, 7) is 4.35. The third-order valence-corrected chi connectivity index (χ3v) is 4.55. The number of nitrogens with zero attached hydrogens (tertiary/aromatic N) is 3. The molecule has 0 amide bonds. The Hall–Kier alpha value is -2.64. The largest absolute Gasteiger partial charge is 0.490 e. The van der Waals surface area contributed by atoms with Crippen LogP contribution in [0.15, 0.2) is 27.1 Å². The minimum absolute atomic E-state index is 0.0775. The quantitative estimate of drug-likeness (QED) is 0.322. The second-order valence-corrected chi connectivity index (χ2v) is 6.92. The van der Waals surface area contributed by atoms with Gasteiger partial charge in [-0.05, 0) is 47.5 Å². The summed E-state index contributed by atoms with van der Waals surface area (Å²) >= 11 is 4.77. The highest BCUT2D eigenvalue weighted by Crippen LogP contribution is 2.36. The van der Waals surface area contributed by atoms with Gasteiger partial charge in [0, 0.05) is 5.38 Å². The van der Waals surface area contributed by atoms with Crippen molar-refractivity contribution in [1.29, 1.82) is 5.26 Å². The van der Waals surface area contributed by atoms with Crippen molar-refractivity contribution in [2.24, 2.45) is 5.10 Å². The average molecular weight is 467 g/mol. The smallest absolute Gasteiger partial charge is 0.311 e. The number of nitrogens with one attached hydrogen (secondary N) is 1. The van der Waals surface area contributed by atoms with Crippen molar-refractivity contribution in [1.82, 2.24) is 4.98 Å². The number of benzene rings is 1. The molecule has 10 heteroatoms. The van der Waals surface area contributed by atoms with Gasteiger partial charge in [-0.25, -0.2) is 4.98 Å². The first kappa shape index (κ1) is 21.7. The van der Waals surface area contributed by atoms with Crippen LogP contribution in [0.4, 0.5) is 5.13 Å². The van der Waals surface area contributed by atoms with E-state index in [1.54, 1.807) is 30.7 Å². The Morgan fingerprint density at radius 1 is 1.39 bits per heavy atom. The average Bonchev–Trinajstić information content (AvgIpc) is 3.08.